The Bertz CT molecular complexity index is 362. The fourth-order valence-electron chi connectivity index (χ4n) is 1.69. The third-order valence-corrected chi connectivity index (χ3v) is 3.23. The first-order valence-corrected chi connectivity index (χ1v) is 6.02. The van der Waals surface area contributed by atoms with E-state index in [2.05, 4.69) is 0 Å². The Morgan fingerprint density at radius 3 is 2.18 bits per heavy atom. The summed E-state index contributed by atoms with van der Waals surface area (Å²) in [5.41, 5.74) is 7.13. The molecule has 94 valence electrons. The molecular formula is C14H22N2O. The minimum Gasteiger partial charge on any atom is -0.343 e. The van der Waals surface area contributed by atoms with Gasteiger partial charge in [0.2, 0.25) is 5.91 Å². The van der Waals surface area contributed by atoms with E-state index in [1.54, 1.807) is 4.90 Å². The summed E-state index contributed by atoms with van der Waals surface area (Å²) in [5, 5.41) is 0. The van der Waals surface area contributed by atoms with Crippen molar-refractivity contribution >= 4 is 5.91 Å². The summed E-state index contributed by atoms with van der Waals surface area (Å²) in [6, 6.07) is 9.71. The molecule has 0 aromatic heterocycles. The highest BCUT2D eigenvalue weighted by Crippen LogP contribution is 2.21. The average Bonchev–Trinajstić information content (AvgIpc) is 2.36. The lowest BCUT2D eigenvalue weighted by Crippen LogP contribution is -2.40. The van der Waals surface area contributed by atoms with Gasteiger partial charge in [-0.3, -0.25) is 4.79 Å². The van der Waals surface area contributed by atoms with Gasteiger partial charge in [0.15, 0.2) is 0 Å². The second kappa shape index (κ2) is 5.82. The minimum atomic E-state index is -0.245. The number of nitrogens with two attached hydrogens (primary N) is 1. The molecule has 3 heteroatoms. The average molecular weight is 234 g/mol. The van der Waals surface area contributed by atoms with E-state index in [1.807, 2.05) is 58.2 Å². The number of rotatable bonds is 4. The van der Waals surface area contributed by atoms with Crippen LogP contribution in [0.15, 0.2) is 30.3 Å². The predicted molar refractivity (Wildman–Crippen MR) is 70.4 cm³/mol. The van der Waals surface area contributed by atoms with Gasteiger partial charge in [0.1, 0.15) is 0 Å². The van der Waals surface area contributed by atoms with E-state index in [0.29, 0.717) is 0 Å². The van der Waals surface area contributed by atoms with Crippen LogP contribution in [0, 0.1) is 5.92 Å². The summed E-state index contributed by atoms with van der Waals surface area (Å²) < 4.78 is 0. The molecule has 2 unspecified atom stereocenters. The second-order valence-corrected chi connectivity index (χ2v) is 4.77. The summed E-state index contributed by atoms with van der Waals surface area (Å²) in [4.78, 5) is 13.9. The first-order valence-electron chi connectivity index (χ1n) is 6.02. The van der Waals surface area contributed by atoms with Crippen LogP contribution >= 0.6 is 0 Å². The molecule has 1 aromatic carbocycles. The first kappa shape index (κ1) is 13.7. The Morgan fingerprint density at radius 1 is 1.18 bits per heavy atom. The molecule has 0 bridgehead atoms. The molecule has 0 aliphatic carbocycles. The van der Waals surface area contributed by atoms with Gasteiger partial charge in [0, 0.05) is 19.1 Å². The molecule has 2 atom stereocenters. The van der Waals surface area contributed by atoms with Gasteiger partial charge in [-0.15, -0.1) is 0 Å². The van der Waals surface area contributed by atoms with Crippen molar-refractivity contribution < 1.29 is 4.79 Å². The molecule has 0 aliphatic rings. The highest BCUT2D eigenvalue weighted by atomic mass is 16.2. The van der Waals surface area contributed by atoms with Crippen LogP contribution in [-0.4, -0.2) is 23.9 Å². The number of amides is 1. The highest BCUT2D eigenvalue weighted by molar-refractivity contribution is 5.79. The van der Waals surface area contributed by atoms with E-state index in [9.17, 15) is 4.79 Å². The highest BCUT2D eigenvalue weighted by Gasteiger charge is 2.25. The van der Waals surface area contributed by atoms with Gasteiger partial charge in [-0.1, -0.05) is 37.3 Å². The zero-order chi connectivity index (χ0) is 13.0. The van der Waals surface area contributed by atoms with Gasteiger partial charge in [-0.05, 0) is 19.4 Å². The smallest absolute Gasteiger partial charge is 0.227 e. The van der Waals surface area contributed by atoms with Crippen LogP contribution in [-0.2, 0) is 4.79 Å². The van der Waals surface area contributed by atoms with Crippen LogP contribution < -0.4 is 5.73 Å². The zero-order valence-electron chi connectivity index (χ0n) is 11.1. The molecule has 1 rings (SSSR count). The number of carbonyl (C=O) groups excluding carboxylic acids is 1. The Morgan fingerprint density at radius 2 is 1.71 bits per heavy atom. The molecule has 1 amide bonds. The largest absolute Gasteiger partial charge is 0.343 e. The summed E-state index contributed by atoms with van der Waals surface area (Å²) in [6.45, 7) is 5.89. The van der Waals surface area contributed by atoms with Crippen molar-refractivity contribution in [3.8, 4) is 0 Å². The maximum atomic E-state index is 12.1. The molecule has 0 fully saturated rings. The zero-order valence-corrected chi connectivity index (χ0v) is 11.1. The van der Waals surface area contributed by atoms with Crippen LogP contribution in [0.3, 0.4) is 0 Å². The van der Waals surface area contributed by atoms with E-state index in [0.717, 1.165) is 5.56 Å². The quantitative estimate of drug-likeness (QED) is 0.868. The van der Waals surface area contributed by atoms with Gasteiger partial charge in [-0.2, -0.15) is 0 Å². The summed E-state index contributed by atoms with van der Waals surface area (Å²) in [6.07, 6.45) is 0. The second-order valence-electron chi connectivity index (χ2n) is 4.77. The summed E-state index contributed by atoms with van der Waals surface area (Å²) >= 11 is 0. The van der Waals surface area contributed by atoms with E-state index >= 15 is 0 Å². The molecule has 3 nitrogen and oxygen atoms in total. The molecule has 0 spiro atoms. The van der Waals surface area contributed by atoms with Crippen molar-refractivity contribution in [1.82, 2.24) is 4.90 Å². The van der Waals surface area contributed by atoms with E-state index in [-0.39, 0.29) is 23.9 Å². The molecule has 2 N–H and O–H groups in total. The Labute approximate surface area is 104 Å². The Kier molecular flexibility index (Phi) is 4.70. The van der Waals surface area contributed by atoms with Gasteiger partial charge >= 0.3 is 0 Å². The van der Waals surface area contributed by atoms with E-state index in [1.165, 1.54) is 0 Å². The van der Waals surface area contributed by atoms with Crippen molar-refractivity contribution in [3.63, 3.8) is 0 Å². The molecule has 0 radical (unpaired) electrons. The van der Waals surface area contributed by atoms with Gasteiger partial charge in [-0.25, -0.2) is 0 Å². The van der Waals surface area contributed by atoms with Crippen molar-refractivity contribution in [3.05, 3.63) is 35.9 Å². The van der Waals surface area contributed by atoms with Gasteiger partial charge in [0.05, 0.1) is 5.92 Å². The van der Waals surface area contributed by atoms with E-state index < -0.39 is 0 Å². The van der Waals surface area contributed by atoms with Crippen LogP contribution in [0.2, 0.25) is 0 Å². The number of carbonyl (C=O) groups is 1. The molecule has 1 aromatic rings. The summed E-state index contributed by atoms with van der Waals surface area (Å²) in [7, 11) is 1.82. The molecular weight excluding hydrogens is 212 g/mol. The minimum absolute atomic E-state index is 0.0938. The van der Waals surface area contributed by atoms with Crippen molar-refractivity contribution in [2.45, 2.75) is 32.9 Å². The fraction of sp³-hybridized carbons (Fsp3) is 0.500. The lowest BCUT2D eigenvalue weighted by molar-refractivity contribution is -0.135. The van der Waals surface area contributed by atoms with Crippen LogP contribution in [0.1, 0.15) is 32.4 Å². The Hall–Kier alpha value is -1.35. The maximum absolute atomic E-state index is 12.1. The number of hydrogen-bond donors (Lipinski definition) is 1. The number of hydrogen-bond acceptors (Lipinski definition) is 2. The lowest BCUT2D eigenvalue weighted by atomic mass is 9.94. The van der Waals surface area contributed by atoms with Crippen LogP contribution in [0.4, 0.5) is 0 Å². The topological polar surface area (TPSA) is 46.3 Å². The lowest BCUT2D eigenvalue weighted by Gasteiger charge is -2.28. The third-order valence-electron chi connectivity index (χ3n) is 3.23. The van der Waals surface area contributed by atoms with Crippen LogP contribution in [0.5, 0.6) is 0 Å². The third kappa shape index (κ3) is 3.30. The standard InChI is InChI=1S/C14H22N2O/c1-10(2)16(4)14(17)11(3)13(15)12-8-6-5-7-9-12/h5-11,13H,15H2,1-4H3. The van der Waals surface area contributed by atoms with Crippen LogP contribution in [0.25, 0.3) is 0 Å². The molecule has 0 saturated heterocycles. The molecule has 0 aliphatic heterocycles. The molecule has 17 heavy (non-hydrogen) atoms. The number of nitrogens with zero attached hydrogens (tertiary/aromatic N) is 1. The van der Waals surface area contributed by atoms with Crippen molar-refractivity contribution in [2.75, 3.05) is 7.05 Å². The fourth-order valence-corrected chi connectivity index (χ4v) is 1.69. The van der Waals surface area contributed by atoms with Gasteiger partial charge < -0.3 is 10.6 Å². The van der Waals surface area contributed by atoms with Crippen molar-refractivity contribution in [2.24, 2.45) is 11.7 Å². The van der Waals surface area contributed by atoms with Gasteiger partial charge in [0.25, 0.3) is 0 Å². The number of benzene rings is 1. The normalized spacial score (nSPS) is 14.5. The van der Waals surface area contributed by atoms with E-state index in [4.69, 9.17) is 5.73 Å². The summed E-state index contributed by atoms with van der Waals surface area (Å²) in [5.74, 6) is -0.110. The monoisotopic (exact) mass is 234 g/mol. The Balaban J connectivity index is 2.77. The molecule has 0 saturated carbocycles. The SMILES string of the molecule is CC(C(=O)N(C)C(C)C)C(N)c1ccccc1. The first-order chi connectivity index (χ1) is 7.95. The predicted octanol–water partition coefficient (Wildman–Crippen LogP) is 2.19. The molecule has 0 heterocycles. The maximum Gasteiger partial charge on any atom is 0.227 e. The van der Waals surface area contributed by atoms with Crippen molar-refractivity contribution in [1.29, 1.82) is 0 Å².